The average Bonchev–Trinajstić information content (AvgIpc) is 2.84. The van der Waals surface area contributed by atoms with Gasteiger partial charge < -0.3 is 9.73 Å². The second-order valence-electron chi connectivity index (χ2n) is 3.18. The van der Waals surface area contributed by atoms with E-state index in [1.807, 2.05) is 23.0 Å². The highest BCUT2D eigenvalue weighted by Crippen LogP contribution is 2.05. The number of nitrogens with zero attached hydrogens (tertiary/aromatic N) is 2. The third-order valence-corrected chi connectivity index (χ3v) is 2.41. The van der Waals surface area contributed by atoms with Crippen molar-refractivity contribution in [1.29, 1.82) is 0 Å². The molecular formula is C10H12BrN3O. The molecule has 0 bridgehead atoms. The topological polar surface area (TPSA) is 43.0 Å². The summed E-state index contributed by atoms with van der Waals surface area (Å²) in [7, 11) is 0. The van der Waals surface area contributed by atoms with Crippen molar-refractivity contribution < 1.29 is 4.42 Å². The summed E-state index contributed by atoms with van der Waals surface area (Å²) in [4.78, 5) is 0. The van der Waals surface area contributed by atoms with E-state index in [9.17, 15) is 0 Å². The van der Waals surface area contributed by atoms with E-state index in [4.69, 9.17) is 4.42 Å². The number of rotatable bonds is 5. The number of nitrogens with one attached hydrogen (secondary N) is 1. The molecule has 2 rings (SSSR count). The second kappa shape index (κ2) is 5.14. The average molecular weight is 270 g/mol. The summed E-state index contributed by atoms with van der Waals surface area (Å²) in [6.45, 7) is 2.48. The molecule has 0 atom stereocenters. The highest BCUT2D eigenvalue weighted by molar-refractivity contribution is 9.10. The summed E-state index contributed by atoms with van der Waals surface area (Å²) in [6.07, 6.45) is 5.42. The van der Waals surface area contributed by atoms with Crippen molar-refractivity contribution in [3.8, 4) is 0 Å². The van der Waals surface area contributed by atoms with E-state index in [0.29, 0.717) is 0 Å². The first kappa shape index (κ1) is 10.4. The van der Waals surface area contributed by atoms with Crippen LogP contribution >= 0.6 is 15.9 Å². The molecule has 0 spiro atoms. The fraction of sp³-hybridized carbons (Fsp3) is 0.300. The van der Waals surface area contributed by atoms with Crippen molar-refractivity contribution in [2.45, 2.75) is 13.1 Å². The van der Waals surface area contributed by atoms with Crippen molar-refractivity contribution >= 4 is 15.9 Å². The maximum atomic E-state index is 5.20. The van der Waals surface area contributed by atoms with Crippen LogP contribution in [0, 0.1) is 0 Å². The molecule has 4 nitrogen and oxygen atoms in total. The second-order valence-corrected chi connectivity index (χ2v) is 4.09. The third kappa shape index (κ3) is 3.21. The Kier molecular flexibility index (Phi) is 3.58. The van der Waals surface area contributed by atoms with Crippen molar-refractivity contribution in [3.63, 3.8) is 0 Å². The van der Waals surface area contributed by atoms with Crippen LogP contribution < -0.4 is 5.32 Å². The Balaban J connectivity index is 1.67. The van der Waals surface area contributed by atoms with Crippen LogP contribution in [0.5, 0.6) is 0 Å². The van der Waals surface area contributed by atoms with Gasteiger partial charge in [0.15, 0.2) is 0 Å². The van der Waals surface area contributed by atoms with Gasteiger partial charge in [-0.15, -0.1) is 0 Å². The van der Waals surface area contributed by atoms with E-state index >= 15 is 0 Å². The Bertz CT molecular complexity index is 396. The Hall–Kier alpha value is -1.07. The van der Waals surface area contributed by atoms with Gasteiger partial charge in [0.25, 0.3) is 0 Å². The largest absolute Gasteiger partial charge is 0.468 e. The maximum absolute atomic E-state index is 5.20. The molecule has 0 radical (unpaired) electrons. The molecule has 80 valence electrons. The van der Waals surface area contributed by atoms with Crippen LogP contribution in [0.4, 0.5) is 0 Å². The summed E-state index contributed by atoms with van der Waals surface area (Å²) in [5.74, 6) is 0.955. The van der Waals surface area contributed by atoms with Gasteiger partial charge in [0.05, 0.1) is 30.0 Å². The zero-order valence-electron chi connectivity index (χ0n) is 8.19. The van der Waals surface area contributed by atoms with Gasteiger partial charge in [0.2, 0.25) is 0 Å². The molecule has 0 saturated carbocycles. The van der Waals surface area contributed by atoms with Gasteiger partial charge in [0.1, 0.15) is 5.76 Å². The fourth-order valence-corrected chi connectivity index (χ4v) is 1.61. The molecular weight excluding hydrogens is 258 g/mol. The van der Waals surface area contributed by atoms with E-state index in [1.165, 1.54) is 0 Å². The van der Waals surface area contributed by atoms with Crippen LogP contribution in [0.15, 0.2) is 39.7 Å². The molecule has 0 aromatic carbocycles. The number of hydrogen-bond donors (Lipinski definition) is 1. The van der Waals surface area contributed by atoms with Crippen molar-refractivity contribution in [3.05, 3.63) is 41.0 Å². The number of halogens is 1. The summed E-state index contributed by atoms with van der Waals surface area (Å²) in [5, 5.41) is 7.43. The van der Waals surface area contributed by atoms with Gasteiger partial charge >= 0.3 is 0 Å². The smallest absolute Gasteiger partial charge is 0.117 e. The van der Waals surface area contributed by atoms with E-state index in [-0.39, 0.29) is 0 Å². The van der Waals surface area contributed by atoms with Gasteiger partial charge in [-0.25, -0.2) is 0 Å². The van der Waals surface area contributed by atoms with Crippen LogP contribution in [0.25, 0.3) is 0 Å². The lowest BCUT2D eigenvalue weighted by atomic mass is 10.4. The first-order valence-corrected chi connectivity index (χ1v) is 5.55. The molecule has 2 aromatic rings. The quantitative estimate of drug-likeness (QED) is 0.845. The fourth-order valence-electron chi connectivity index (χ4n) is 1.28. The molecule has 0 amide bonds. The Morgan fingerprint density at radius 3 is 3.13 bits per heavy atom. The minimum Gasteiger partial charge on any atom is -0.468 e. The molecule has 0 aliphatic rings. The lowest BCUT2D eigenvalue weighted by molar-refractivity contribution is 0.470. The van der Waals surface area contributed by atoms with E-state index in [0.717, 1.165) is 29.9 Å². The molecule has 2 heterocycles. The molecule has 5 heteroatoms. The third-order valence-electron chi connectivity index (χ3n) is 2.00. The predicted molar refractivity (Wildman–Crippen MR) is 60.3 cm³/mol. The minimum atomic E-state index is 0.759. The van der Waals surface area contributed by atoms with Gasteiger partial charge in [-0.1, -0.05) is 0 Å². The highest BCUT2D eigenvalue weighted by atomic mass is 79.9. The minimum absolute atomic E-state index is 0.759. The number of aromatic nitrogens is 2. The molecule has 0 fully saturated rings. The van der Waals surface area contributed by atoms with Crippen molar-refractivity contribution in [2.24, 2.45) is 0 Å². The normalized spacial score (nSPS) is 10.7. The zero-order chi connectivity index (χ0) is 10.5. The molecule has 1 N–H and O–H groups in total. The van der Waals surface area contributed by atoms with Crippen LogP contribution in [0.2, 0.25) is 0 Å². The molecule has 15 heavy (non-hydrogen) atoms. The van der Waals surface area contributed by atoms with Crippen molar-refractivity contribution in [1.82, 2.24) is 15.1 Å². The summed E-state index contributed by atoms with van der Waals surface area (Å²) in [6, 6.07) is 3.85. The lowest BCUT2D eigenvalue weighted by Gasteiger charge is -2.02. The predicted octanol–water partition coefficient (Wildman–Crippen LogP) is 2.03. The van der Waals surface area contributed by atoms with Crippen molar-refractivity contribution in [2.75, 3.05) is 6.54 Å². The number of hydrogen-bond acceptors (Lipinski definition) is 3. The Morgan fingerprint density at radius 1 is 1.53 bits per heavy atom. The molecule has 0 saturated heterocycles. The molecule has 2 aromatic heterocycles. The van der Waals surface area contributed by atoms with Crippen LogP contribution in [-0.2, 0) is 13.1 Å². The molecule has 0 unspecified atom stereocenters. The van der Waals surface area contributed by atoms with Gasteiger partial charge in [-0.3, -0.25) is 4.68 Å². The van der Waals surface area contributed by atoms with Gasteiger partial charge in [0, 0.05) is 12.7 Å². The van der Waals surface area contributed by atoms with E-state index < -0.39 is 0 Å². The van der Waals surface area contributed by atoms with Crippen LogP contribution in [0.3, 0.4) is 0 Å². The summed E-state index contributed by atoms with van der Waals surface area (Å²) < 4.78 is 8.09. The van der Waals surface area contributed by atoms with E-state index in [1.54, 1.807) is 12.5 Å². The Labute approximate surface area is 96.4 Å². The Morgan fingerprint density at radius 2 is 2.47 bits per heavy atom. The van der Waals surface area contributed by atoms with E-state index in [2.05, 4.69) is 26.3 Å². The van der Waals surface area contributed by atoms with Crippen LogP contribution in [0.1, 0.15) is 5.76 Å². The maximum Gasteiger partial charge on any atom is 0.117 e. The van der Waals surface area contributed by atoms with Crippen LogP contribution in [-0.4, -0.2) is 16.3 Å². The SMILES string of the molecule is Brc1cnn(CCNCc2ccco2)c1. The lowest BCUT2D eigenvalue weighted by Crippen LogP contribution is -2.19. The standard InChI is InChI=1S/C10H12BrN3O/c11-9-6-13-14(8-9)4-3-12-7-10-2-1-5-15-10/h1-2,5-6,8,12H,3-4,7H2. The monoisotopic (exact) mass is 269 g/mol. The van der Waals surface area contributed by atoms with Gasteiger partial charge in [-0.2, -0.15) is 5.10 Å². The molecule has 0 aliphatic heterocycles. The molecule has 0 aliphatic carbocycles. The van der Waals surface area contributed by atoms with Gasteiger partial charge in [-0.05, 0) is 28.1 Å². The highest BCUT2D eigenvalue weighted by Gasteiger charge is 1.96. The first-order valence-electron chi connectivity index (χ1n) is 4.75. The number of furan rings is 1. The summed E-state index contributed by atoms with van der Waals surface area (Å²) >= 11 is 3.35. The summed E-state index contributed by atoms with van der Waals surface area (Å²) in [5.41, 5.74) is 0. The first-order chi connectivity index (χ1) is 7.34. The zero-order valence-corrected chi connectivity index (χ0v) is 9.77.